The first kappa shape index (κ1) is 16.4. The molecular weight excluding hydrogens is 328 g/mol. The van der Waals surface area contributed by atoms with Crippen LogP contribution in [0, 0.1) is 6.92 Å². The zero-order valence-corrected chi connectivity index (χ0v) is 14.2. The minimum atomic E-state index is -0.992. The lowest BCUT2D eigenvalue weighted by Crippen LogP contribution is -2.34. The number of hydrogen-bond acceptors (Lipinski definition) is 5. The van der Waals surface area contributed by atoms with Crippen molar-refractivity contribution in [1.82, 2.24) is 10.3 Å². The number of hydrogen-bond donors (Lipinski definition) is 2. The van der Waals surface area contributed by atoms with Crippen LogP contribution in [0.5, 0.6) is 5.75 Å². The summed E-state index contributed by atoms with van der Waals surface area (Å²) in [6.45, 7) is 3.97. The number of para-hydroxylation sites is 1. The second kappa shape index (κ2) is 6.60. The molecule has 0 saturated carbocycles. The van der Waals surface area contributed by atoms with E-state index >= 15 is 0 Å². The molecule has 3 rings (SSSR count). The molecule has 24 heavy (non-hydrogen) atoms. The summed E-state index contributed by atoms with van der Waals surface area (Å²) in [5, 5.41) is 12.7. The van der Waals surface area contributed by atoms with Crippen LogP contribution < -0.4 is 10.1 Å². The fourth-order valence-corrected chi connectivity index (χ4v) is 3.70. The van der Waals surface area contributed by atoms with Crippen LogP contribution >= 0.6 is 11.3 Å². The monoisotopic (exact) mass is 346 g/mol. The third kappa shape index (κ3) is 3.12. The maximum Gasteiger partial charge on any atom is 0.347 e. The predicted molar refractivity (Wildman–Crippen MR) is 89.7 cm³/mol. The minimum absolute atomic E-state index is 0.0945. The molecule has 2 aromatic rings. The maximum atomic E-state index is 12.7. The Morgan fingerprint density at radius 2 is 2.17 bits per heavy atom. The number of carboxylic acids is 1. The van der Waals surface area contributed by atoms with Gasteiger partial charge in [-0.2, -0.15) is 0 Å². The Balaban J connectivity index is 1.76. The average molecular weight is 346 g/mol. The molecule has 2 N–H and O–H groups in total. The van der Waals surface area contributed by atoms with Crippen molar-refractivity contribution in [3.63, 3.8) is 0 Å². The van der Waals surface area contributed by atoms with Crippen LogP contribution in [0.4, 0.5) is 0 Å². The van der Waals surface area contributed by atoms with Crippen LogP contribution in [0.25, 0.3) is 0 Å². The Kier molecular flexibility index (Phi) is 4.53. The number of aromatic nitrogens is 1. The van der Waals surface area contributed by atoms with Gasteiger partial charge in [-0.3, -0.25) is 4.79 Å². The number of carbonyl (C=O) groups excluding carboxylic acids is 1. The van der Waals surface area contributed by atoms with Gasteiger partial charge in [-0.05, 0) is 26.3 Å². The molecule has 0 saturated heterocycles. The average Bonchev–Trinajstić information content (AvgIpc) is 2.96. The van der Waals surface area contributed by atoms with Crippen LogP contribution in [-0.2, 0) is 4.79 Å². The summed E-state index contributed by atoms with van der Waals surface area (Å²) in [6, 6.07) is 7.19. The van der Waals surface area contributed by atoms with E-state index in [4.69, 9.17) is 9.84 Å². The summed E-state index contributed by atoms with van der Waals surface area (Å²) in [6.07, 6.45) is 0.618. The van der Waals surface area contributed by atoms with Gasteiger partial charge in [0.2, 0.25) is 5.91 Å². The summed E-state index contributed by atoms with van der Waals surface area (Å²) >= 11 is 1.10. The fourth-order valence-electron chi connectivity index (χ4n) is 2.79. The Morgan fingerprint density at radius 1 is 1.42 bits per heavy atom. The van der Waals surface area contributed by atoms with Crippen molar-refractivity contribution in [2.75, 3.05) is 6.61 Å². The summed E-state index contributed by atoms with van der Waals surface area (Å²) < 4.78 is 5.58. The van der Waals surface area contributed by atoms with Crippen LogP contribution in [0.1, 0.15) is 51.2 Å². The smallest absolute Gasteiger partial charge is 0.347 e. The number of nitrogens with one attached hydrogen (secondary N) is 1. The molecule has 1 aromatic heterocycles. The number of nitrogens with zero attached hydrogens (tertiary/aromatic N) is 1. The number of thiazole rings is 1. The molecule has 1 aromatic carbocycles. The first-order valence-corrected chi connectivity index (χ1v) is 8.51. The Morgan fingerprint density at radius 3 is 2.88 bits per heavy atom. The molecule has 0 aliphatic carbocycles. The number of amides is 1. The Labute approximate surface area is 143 Å². The van der Waals surface area contributed by atoms with E-state index in [9.17, 15) is 9.59 Å². The molecule has 7 heteroatoms. The van der Waals surface area contributed by atoms with E-state index < -0.39 is 5.97 Å². The van der Waals surface area contributed by atoms with Crippen molar-refractivity contribution in [2.24, 2.45) is 0 Å². The van der Waals surface area contributed by atoms with Crippen molar-refractivity contribution >= 4 is 23.2 Å². The van der Waals surface area contributed by atoms with E-state index in [1.165, 1.54) is 0 Å². The van der Waals surface area contributed by atoms with Gasteiger partial charge < -0.3 is 15.2 Å². The molecule has 1 aliphatic rings. The molecule has 2 heterocycles. The summed E-state index contributed by atoms with van der Waals surface area (Å²) in [4.78, 5) is 28.3. The molecule has 2 unspecified atom stereocenters. The van der Waals surface area contributed by atoms with Gasteiger partial charge in [0.15, 0.2) is 0 Å². The molecule has 2 atom stereocenters. The van der Waals surface area contributed by atoms with Crippen LogP contribution in [0.15, 0.2) is 24.3 Å². The van der Waals surface area contributed by atoms with Crippen molar-refractivity contribution in [3.8, 4) is 5.75 Å². The van der Waals surface area contributed by atoms with Gasteiger partial charge >= 0.3 is 5.97 Å². The number of rotatable bonds is 4. The quantitative estimate of drug-likeness (QED) is 0.889. The highest BCUT2D eigenvalue weighted by Gasteiger charge is 2.29. The fraction of sp³-hybridized carbons (Fsp3) is 0.353. The first-order valence-electron chi connectivity index (χ1n) is 7.70. The second-order valence-corrected chi connectivity index (χ2v) is 6.76. The molecular formula is C17H18N2O4S. The summed E-state index contributed by atoms with van der Waals surface area (Å²) in [5.74, 6) is -0.608. The molecule has 0 spiro atoms. The normalized spacial score (nSPS) is 17.5. The van der Waals surface area contributed by atoms with Gasteiger partial charge in [-0.15, -0.1) is 11.3 Å². The van der Waals surface area contributed by atoms with E-state index in [1.54, 1.807) is 6.92 Å². The van der Waals surface area contributed by atoms with E-state index in [1.807, 2.05) is 31.2 Å². The molecule has 6 nitrogen and oxygen atoms in total. The van der Waals surface area contributed by atoms with Crippen molar-refractivity contribution in [2.45, 2.75) is 32.2 Å². The number of carboxylic acid groups (broad SMARTS) is 1. The van der Waals surface area contributed by atoms with E-state index in [0.29, 0.717) is 23.7 Å². The molecule has 1 aliphatic heterocycles. The largest absolute Gasteiger partial charge is 0.493 e. The first-order chi connectivity index (χ1) is 11.5. The lowest BCUT2D eigenvalue weighted by Gasteiger charge is -2.26. The van der Waals surface area contributed by atoms with E-state index in [2.05, 4.69) is 10.3 Å². The molecule has 0 bridgehead atoms. The molecule has 0 radical (unpaired) electrons. The van der Waals surface area contributed by atoms with Gasteiger partial charge in [0, 0.05) is 5.56 Å². The summed E-state index contributed by atoms with van der Waals surface area (Å²) in [7, 11) is 0. The Bertz CT molecular complexity index is 787. The number of aromatic carboxylic acids is 1. The molecule has 1 amide bonds. The van der Waals surface area contributed by atoms with Crippen LogP contribution in [0.2, 0.25) is 0 Å². The van der Waals surface area contributed by atoms with Crippen molar-refractivity contribution in [3.05, 3.63) is 45.4 Å². The van der Waals surface area contributed by atoms with E-state index in [0.717, 1.165) is 22.6 Å². The molecule has 0 fully saturated rings. The van der Waals surface area contributed by atoms with Gasteiger partial charge in [0.25, 0.3) is 0 Å². The standard InChI is InChI=1S/C17H18N2O4S/c1-9-14(17(21)22)24-16(19-9)10(2)18-15(20)12-7-8-23-13-6-4-3-5-11(12)13/h3-6,10,12H,7-8H2,1-2H3,(H,18,20)(H,21,22). The van der Waals surface area contributed by atoms with Gasteiger partial charge in [0.05, 0.1) is 24.3 Å². The zero-order chi connectivity index (χ0) is 17.3. The van der Waals surface area contributed by atoms with E-state index in [-0.39, 0.29) is 22.7 Å². The zero-order valence-electron chi connectivity index (χ0n) is 13.4. The number of aryl methyl sites for hydroxylation is 1. The number of carbonyl (C=O) groups is 2. The second-order valence-electron chi connectivity index (χ2n) is 5.73. The van der Waals surface area contributed by atoms with Crippen molar-refractivity contribution < 1.29 is 19.4 Å². The highest BCUT2D eigenvalue weighted by atomic mass is 32.1. The third-order valence-electron chi connectivity index (χ3n) is 4.01. The van der Waals surface area contributed by atoms with Gasteiger partial charge in [-0.1, -0.05) is 18.2 Å². The number of fused-ring (bicyclic) bond motifs is 1. The van der Waals surface area contributed by atoms with Crippen LogP contribution in [-0.4, -0.2) is 28.6 Å². The lowest BCUT2D eigenvalue weighted by atomic mass is 9.92. The molecule has 126 valence electrons. The lowest BCUT2D eigenvalue weighted by molar-refractivity contribution is -0.123. The van der Waals surface area contributed by atoms with Crippen molar-refractivity contribution in [1.29, 1.82) is 0 Å². The number of benzene rings is 1. The Hall–Kier alpha value is -2.41. The highest BCUT2D eigenvalue weighted by molar-refractivity contribution is 7.13. The van der Waals surface area contributed by atoms with Crippen LogP contribution in [0.3, 0.4) is 0 Å². The highest BCUT2D eigenvalue weighted by Crippen LogP contribution is 2.34. The minimum Gasteiger partial charge on any atom is -0.493 e. The van der Waals surface area contributed by atoms with Gasteiger partial charge in [0.1, 0.15) is 15.6 Å². The predicted octanol–water partition coefficient (Wildman–Crippen LogP) is 2.89. The number of ether oxygens (including phenoxy) is 1. The maximum absolute atomic E-state index is 12.7. The third-order valence-corrected chi connectivity index (χ3v) is 5.34. The SMILES string of the molecule is Cc1nc(C(C)NC(=O)C2CCOc3ccccc32)sc1C(=O)O. The van der Waals surface area contributed by atoms with Gasteiger partial charge in [-0.25, -0.2) is 9.78 Å². The topological polar surface area (TPSA) is 88.5 Å². The summed E-state index contributed by atoms with van der Waals surface area (Å²) in [5.41, 5.74) is 1.36.